The first-order valence-electron chi connectivity index (χ1n) is 5.28. The van der Waals surface area contributed by atoms with Crippen molar-refractivity contribution in [3.63, 3.8) is 0 Å². The van der Waals surface area contributed by atoms with Crippen molar-refractivity contribution in [2.75, 3.05) is 0 Å². The molecule has 86 valence electrons. The molecule has 0 amide bonds. The molecule has 0 aliphatic heterocycles. The lowest BCUT2D eigenvalue weighted by molar-refractivity contribution is -0.0231. The first kappa shape index (κ1) is 12.0. The molecule has 1 aromatic rings. The fraction of sp³-hybridized carbons (Fsp3) is 0.385. The molecule has 3 heteroatoms. The van der Waals surface area contributed by atoms with Crippen LogP contribution in [-0.4, -0.2) is 10.7 Å². The molecule has 1 aliphatic carbocycles. The molecule has 0 radical (unpaired) electrons. The summed E-state index contributed by atoms with van der Waals surface area (Å²) in [6, 6.07) is 5.41. The highest BCUT2D eigenvalue weighted by Gasteiger charge is 2.47. The Hall–Kier alpha value is -0.500. The van der Waals surface area contributed by atoms with E-state index in [-0.39, 0.29) is 5.92 Å². The van der Waals surface area contributed by atoms with Crippen molar-refractivity contribution in [1.29, 1.82) is 0 Å². The Labute approximate surface area is 106 Å². The minimum atomic E-state index is -0.794. The topological polar surface area (TPSA) is 20.2 Å². The summed E-state index contributed by atoms with van der Waals surface area (Å²) in [6.45, 7) is 5.71. The van der Waals surface area contributed by atoms with Crippen LogP contribution in [0.5, 0.6) is 0 Å². The van der Waals surface area contributed by atoms with Gasteiger partial charge in [-0.15, -0.1) is 0 Å². The maximum atomic E-state index is 10.4. The lowest BCUT2D eigenvalue weighted by Crippen LogP contribution is -2.46. The Kier molecular flexibility index (Phi) is 3.04. The fourth-order valence-corrected chi connectivity index (χ4v) is 2.81. The van der Waals surface area contributed by atoms with Crippen molar-refractivity contribution >= 4 is 23.2 Å². The average Bonchev–Trinajstić information content (AvgIpc) is 2.19. The van der Waals surface area contributed by atoms with Gasteiger partial charge >= 0.3 is 0 Å². The van der Waals surface area contributed by atoms with E-state index in [1.165, 1.54) is 0 Å². The predicted octanol–water partition coefficient (Wildman–Crippen LogP) is 4.18. The Morgan fingerprint density at radius 3 is 2.62 bits per heavy atom. The van der Waals surface area contributed by atoms with Gasteiger partial charge in [-0.05, 0) is 43.0 Å². The quantitative estimate of drug-likeness (QED) is 0.788. The van der Waals surface area contributed by atoms with Crippen molar-refractivity contribution in [3.8, 4) is 0 Å². The van der Waals surface area contributed by atoms with E-state index >= 15 is 0 Å². The highest BCUT2D eigenvalue weighted by Crippen LogP contribution is 2.51. The first-order valence-corrected chi connectivity index (χ1v) is 6.04. The third-order valence-corrected chi connectivity index (χ3v) is 4.03. The summed E-state index contributed by atoms with van der Waals surface area (Å²) < 4.78 is 0. The molecular weight excluding hydrogens is 243 g/mol. The second-order valence-electron chi connectivity index (χ2n) is 4.46. The highest BCUT2D eigenvalue weighted by molar-refractivity contribution is 6.35. The smallest absolute Gasteiger partial charge is 0.0920 e. The molecule has 0 unspecified atom stereocenters. The van der Waals surface area contributed by atoms with Gasteiger partial charge in [0, 0.05) is 16.0 Å². The number of benzene rings is 1. The van der Waals surface area contributed by atoms with E-state index in [1.807, 2.05) is 13.0 Å². The molecule has 0 heterocycles. The maximum absolute atomic E-state index is 10.4. The van der Waals surface area contributed by atoms with Gasteiger partial charge in [0.05, 0.1) is 5.60 Å². The van der Waals surface area contributed by atoms with Crippen LogP contribution < -0.4 is 0 Å². The van der Waals surface area contributed by atoms with E-state index < -0.39 is 5.60 Å². The molecule has 1 aliphatic rings. The van der Waals surface area contributed by atoms with E-state index in [2.05, 4.69) is 6.58 Å². The molecule has 1 N–H and O–H groups in total. The maximum Gasteiger partial charge on any atom is 0.0920 e. The highest BCUT2D eigenvalue weighted by atomic mass is 35.5. The predicted molar refractivity (Wildman–Crippen MR) is 68.2 cm³/mol. The molecule has 0 bridgehead atoms. The number of hydrogen-bond acceptors (Lipinski definition) is 1. The minimum absolute atomic E-state index is 0.0507. The van der Waals surface area contributed by atoms with Gasteiger partial charge < -0.3 is 5.11 Å². The lowest BCUT2D eigenvalue weighted by atomic mass is 9.63. The second-order valence-corrected chi connectivity index (χ2v) is 5.31. The van der Waals surface area contributed by atoms with Crippen LogP contribution >= 0.6 is 23.2 Å². The molecule has 16 heavy (non-hydrogen) atoms. The molecule has 1 aromatic carbocycles. The zero-order chi connectivity index (χ0) is 11.9. The van der Waals surface area contributed by atoms with Gasteiger partial charge in [0.15, 0.2) is 0 Å². The Morgan fingerprint density at radius 1 is 1.50 bits per heavy atom. The first-order chi connectivity index (χ1) is 7.45. The summed E-state index contributed by atoms with van der Waals surface area (Å²) in [5.41, 5.74) is 0.967. The van der Waals surface area contributed by atoms with Crippen LogP contribution in [-0.2, 0) is 0 Å². The zero-order valence-corrected chi connectivity index (χ0v) is 10.6. The number of rotatable bonds is 2. The van der Waals surface area contributed by atoms with Crippen LogP contribution in [0.4, 0.5) is 0 Å². The van der Waals surface area contributed by atoms with Crippen LogP contribution in [0.25, 0.3) is 0 Å². The van der Waals surface area contributed by atoms with Crippen LogP contribution in [0.1, 0.15) is 31.2 Å². The minimum Gasteiger partial charge on any atom is -0.385 e. The molecular formula is C13H14Cl2O. The standard InChI is InChI=1S/C13H14Cl2O/c1-8(2)13(16)6-5-11(13)10-4-3-9(14)7-12(10)15/h3-4,7,11,16H,1,5-6H2,2H3/t11-,13+/m1/s1. The summed E-state index contributed by atoms with van der Waals surface area (Å²) in [5, 5.41) is 11.6. The second kappa shape index (κ2) is 4.06. The summed E-state index contributed by atoms with van der Waals surface area (Å²) in [5.74, 6) is 0.0507. The van der Waals surface area contributed by atoms with Crippen molar-refractivity contribution in [2.45, 2.75) is 31.3 Å². The van der Waals surface area contributed by atoms with E-state index in [0.29, 0.717) is 10.0 Å². The fourth-order valence-electron chi connectivity index (χ4n) is 2.27. The SMILES string of the molecule is C=C(C)[C@@]1(O)CC[C@@H]1c1ccc(Cl)cc1Cl. The summed E-state index contributed by atoms with van der Waals surface area (Å²) in [4.78, 5) is 0. The molecule has 0 saturated heterocycles. The van der Waals surface area contributed by atoms with Gasteiger partial charge in [0.1, 0.15) is 0 Å². The Morgan fingerprint density at radius 2 is 2.19 bits per heavy atom. The van der Waals surface area contributed by atoms with Gasteiger partial charge in [0.25, 0.3) is 0 Å². The molecule has 2 rings (SSSR count). The lowest BCUT2D eigenvalue weighted by Gasteiger charge is -2.46. The van der Waals surface area contributed by atoms with Crippen LogP contribution in [0.3, 0.4) is 0 Å². The summed E-state index contributed by atoms with van der Waals surface area (Å²) >= 11 is 12.0. The Bertz CT molecular complexity index is 442. The molecule has 1 fully saturated rings. The summed E-state index contributed by atoms with van der Waals surface area (Å²) in [6.07, 6.45) is 1.69. The number of aliphatic hydroxyl groups is 1. The van der Waals surface area contributed by atoms with Crippen LogP contribution in [0.15, 0.2) is 30.4 Å². The van der Waals surface area contributed by atoms with Gasteiger partial charge in [0.2, 0.25) is 0 Å². The van der Waals surface area contributed by atoms with Gasteiger partial charge in [-0.2, -0.15) is 0 Å². The number of halogens is 2. The largest absolute Gasteiger partial charge is 0.385 e. The summed E-state index contributed by atoms with van der Waals surface area (Å²) in [7, 11) is 0. The monoisotopic (exact) mass is 256 g/mol. The van der Waals surface area contributed by atoms with Crippen LogP contribution in [0, 0.1) is 0 Å². The third kappa shape index (κ3) is 1.77. The van der Waals surface area contributed by atoms with Crippen molar-refractivity contribution < 1.29 is 5.11 Å². The van der Waals surface area contributed by atoms with E-state index in [4.69, 9.17) is 23.2 Å². The third-order valence-electron chi connectivity index (χ3n) is 3.47. The normalized spacial score (nSPS) is 28.6. The van der Waals surface area contributed by atoms with E-state index in [9.17, 15) is 5.11 Å². The molecule has 1 saturated carbocycles. The van der Waals surface area contributed by atoms with Gasteiger partial charge in [-0.25, -0.2) is 0 Å². The zero-order valence-electron chi connectivity index (χ0n) is 9.13. The van der Waals surface area contributed by atoms with Crippen molar-refractivity contribution in [2.24, 2.45) is 0 Å². The average molecular weight is 257 g/mol. The van der Waals surface area contributed by atoms with Crippen molar-refractivity contribution in [3.05, 3.63) is 46.0 Å². The molecule has 1 nitrogen and oxygen atoms in total. The van der Waals surface area contributed by atoms with Crippen LogP contribution in [0.2, 0.25) is 10.0 Å². The van der Waals surface area contributed by atoms with Gasteiger partial charge in [-0.1, -0.05) is 35.8 Å². The Balaban J connectivity index is 2.36. The van der Waals surface area contributed by atoms with E-state index in [1.54, 1.807) is 12.1 Å². The van der Waals surface area contributed by atoms with Gasteiger partial charge in [-0.3, -0.25) is 0 Å². The molecule has 0 aromatic heterocycles. The van der Waals surface area contributed by atoms with E-state index in [0.717, 1.165) is 24.0 Å². The van der Waals surface area contributed by atoms with Crippen molar-refractivity contribution in [1.82, 2.24) is 0 Å². The molecule has 0 spiro atoms. The number of hydrogen-bond donors (Lipinski definition) is 1. The molecule has 2 atom stereocenters.